The van der Waals surface area contributed by atoms with Crippen LogP contribution >= 0.6 is 12.6 Å². The van der Waals surface area contributed by atoms with Crippen molar-refractivity contribution >= 4 is 23.7 Å². The van der Waals surface area contributed by atoms with Crippen LogP contribution in [0.25, 0.3) is 28.1 Å². The topological polar surface area (TPSA) is 72.3 Å². The molecule has 0 atom stereocenters. The van der Waals surface area contributed by atoms with Gasteiger partial charge in [-0.25, -0.2) is 14.6 Å². The molecule has 3 heterocycles. The number of fused-ring (bicyclic) bond motifs is 1. The van der Waals surface area contributed by atoms with Crippen LogP contribution in [0.3, 0.4) is 0 Å². The predicted molar refractivity (Wildman–Crippen MR) is 102 cm³/mol. The van der Waals surface area contributed by atoms with E-state index in [2.05, 4.69) is 51.7 Å². The van der Waals surface area contributed by atoms with Gasteiger partial charge in [-0.05, 0) is 18.2 Å². The van der Waals surface area contributed by atoms with Gasteiger partial charge in [0.15, 0.2) is 11.5 Å². The fourth-order valence-corrected chi connectivity index (χ4v) is 2.42. The Balaban J connectivity index is 0.000000415. The van der Waals surface area contributed by atoms with Crippen molar-refractivity contribution in [1.82, 2.24) is 29.9 Å². The van der Waals surface area contributed by atoms with Crippen LogP contribution in [0.1, 0.15) is 26.7 Å². The van der Waals surface area contributed by atoms with E-state index in [1.165, 1.54) is 19.2 Å². The number of aromatic nitrogens is 6. The molecule has 25 heavy (non-hydrogen) atoms. The summed E-state index contributed by atoms with van der Waals surface area (Å²) in [7, 11) is 0. The minimum absolute atomic E-state index is 0.721. The van der Waals surface area contributed by atoms with E-state index >= 15 is 0 Å². The molecule has 0 unspecified atom stereocenters. The fourth-order valence-electron chi connectivity index (χ4n) is 2.23. The molecular formula is C18H20N6S. The minimum Gasteiger partial charge on any atom is -0.259 e. The lowest BCUT2D eigenvalue weighted by Crippen LogP contribution is -1.97. The third-order valence-corrected chi connectivity index (χ3v) is 3.92. The van der Waals surface area contributed by atoms with Gasteiger partial charge in [0, 0.05) is 22.0 Å². The summed E-state index contributed by atoms with van der Waals surface area (Å²) in [6.07, 6.45) is 7.62. The van der Waals surface area contributed by atoms with Gasteiger partial charge < -0.3 is 0 Å². The van der Waals surface area contributed by atoms with Gasteiger partial charge in [-0.2, -0.15) is 10.2 Å². The van der Waals surface area contributed by atoms with Crippen LogP contribution in [0.15, 0.2) is 53.9 Å². The van der Waals surface area contributed by atoms with Gasteiger partial charge in [0.05, 0.1) is 11.9 Å². The van der Waals surface area contributed by atoms with E-state index in [1.807, 2.05) is 30.3 Å². The SMILES string of the molecule is CCCC.Sc1cnc2c(cnn2-c2cccc(-c3ncn[nH]3)c2)c1. The molecule has 6 nitrogen and oxygen atoms in total. The molecule has 0 aliphatic rings. The zero-order valence-corrected chi connectivity index (χ0v) is 15.1. The van der Waals surface area contributed by atoms with E-state index in [0.29, 0.717) is 0 Å². The molecule has 0 aliphatic carbocycles. The first-order valence-electron chi connectivity index (χ1n) is 8.21. The third kappa shape index (κ3) is 3.88. The van der Waals surface area contributed by atoms with Crippen LogP contribution in [0.2, 0.25) is 0 Å². The minimum atomic E-state index is 0.721. The molecule has 4 aromatic rings. The van der Waals surface area contributed by atoms with Crippen molar-refractivity contribution in [2.24, 2.45) is 0 Å². The van der Waals surface area contributed by atoms with Crippen LogP contribution in [0.5, 0.6) is 0 Å². The van der Waals surface area contributed by atoms with Crippen LogP contribution in [-0.4, -0.2) is 29.9 Å². The molecule has 1 N–H and O–H groups in total. The first kappa shape index (κ1) is 17.2. The van der Waals surface area contributed by atoms with Crippen molar-refractivity contribution < 1.29 is 0 Å². The monoisotopic (exact) mass is 352 g/mol. The number of H-pyrrole nitrogens is 1. The van der Waals surface area contributed by atoms with E-state index in [-0.39, 0.29) is 0 Å². The molecule has 128 valence electrons. The van der Waals surface area contributed by atoms with E-state index in [9.17, 15) is 0 Å². The summed E-state index contributed by atoms with van der Waals surface area (Å²) in [6.45, 7) is 4.36. The number of nitrogens with zero attached hydrogens (tertiary/aromatic N) is 5. The van der Waals surface area contributed by atoms with Gasteiger partial charge in [0.2, 0.25) is 0 Å². The summed E-state index contributed by atoms with van der Waals surface area (Å²) in [5.41, 5.74) is 2.65. The number of thiol groups is 1. The molecule has 3 aromatic heterocycles. The van der Waals surface area contributed by atoms with Gasteiger partial charge in [-0.15, -0.1) is 12.6 Å². The summed E-state index contributed by atoms with van der Waals surface area (Å²) in [4.78, 5) is 9.38. The quantitative estimate of drug-likeness (QED) is 0.539. The Hall–Kier alpha value is -2.67. The van der Waals surface area contributed by atoms with Gasteiger partial charge in [-0.3, -0.25) is 5.10 Å². The lowest BCUT2D eigenvalue weighted by molar-refractivity contribution is 0.886. The van der Waals surface area contributed by atoms with Crippen molar-refractivity contribution in [2.75, 3.05) is 0 Å². The summed E-state index contributed by atoms with van der Waals surface area (Å²) < 4.78 is 1.79. The zero-order chi connectivity index (χ0) is 17.6. The molecule has 0 spiro atoms. The molecule has 7 heteroatoms. The van der Waals surface area contributed by atoms with E-state index in [0.717, 1.165) is 33.0 Å². The van der Waals surface area contributed by atoms with Gasteiger partial charge in [0.1, 0.15) is 6.33 Å². The summed E-state index contributed by atoms with van der Waals surface area (Å²) in [6, 6.07) is 9.82. The third-order valence-electron chi connectivity index (χ3n) is 3.67. The molecule has 0 saturated carbocycles. The maximum atomic E-state index is 4.40. The molecule has 0 radical (unpaired) electrons. The standard InChI is InChI=1S/C14H10N6S.C4H10/c21-12-5-10-6-18-20(14(10)15-7-12)11-3-1-2-9(4-11)13-16-8-17-19-13;1-3-4-2/h1-8,21H,(H,16,17,19);3-4H2,1-2H3. The zero-order valence-electron chi connectivity index (χ0n) is 14.2. The average Bonchev–Trinajstić information content (AvgIpc) is 3.31. The maximum Gasteiger partial charge on any atom is 0.162 e. The second-order valence-corrected chi connectivity index (χ2v) is 6.06. The van der Waals surface area contributed by atoms with Crippen LogP contribution in [0, 0.1) is 0 Å². The molecule has 0 aliphatic heterocycles. The second-order valence-electron chi connectivity index (χ2n) is 5.55. The summed E-state index contributed by atoms with van der Waals surface area (Å²) in [5, 5.41) is 12.1. The predicted octanol–water partition coefficient (Wildman–Crippen LogP) is 4.30. The molecule has 1 aromatic carbocycles. The van der Waals surface area contributed by atoms with Crippen molar-refractivity contribution in [2.45, 2.75) is 31.6 Å². The number of unbranched alkanes of at least 4 members (excludes halogenated alkanes) is 1. The van der Waals surface area contributed by atoms with Crippen LogP contribution in [-0.2, 0) is 0 Å². The lowest BCUT2D eigenvalue weighted by Gasteiger charge is -2.04. The highest BCUT2D eigenvalue weighted by molar-refractivity contribution is 7.80. The number of hydrogen-bond acceptors (Lipinski definition) is 5. The number of aromatic amines is 1. The smallest absolute Gasteiger partial charge is 0.162 e. The lowest BCUT2D eigenvalue weighted by atomic mass is 10.2. The van der Waals surface area contributed by atoms with Crippen molar-refractivity contribution in [1.29, 1.82) is 0 Å². The van der Waals surface area contributed by atoms with Gasteiger partial charge in [0.25, 0.3) is 0 Å². The fraction of sp³-hybridized carbons (Fsp3) is 0.222. The molecular weight excluding hydrogens is 332 g/mol. The molecule has 0 bridgehead atoms. The van der Waals surface area contributed by atoms with Gasteiger partial charge >= 0.3 is 0 Å². The van der Waals surface area contributed by atoms with E-state index < -0.39 is 0 Å². The van der Waals surface area contributed by atoms with Crippen molar-refractivity contribution in [3.63, 3.8) is 0 Å². The van der Waals surface area contributed by atoms with Crippen LogP contribution < -0.4 is 0 Å². The summed E-state index contributed by atoms with van der Waals surface area (Å²) in [5.74, 6) is 0.721. The average molecular weight is 352 g/mol. The highest BCUT2D eigenvalue weighted by Crippen LogP contribution is 2.22. The Bertz CT molecular complexity index is 943. The maximum absolute atomic E-state index is 4.40. The van der Waals surface area contributed by atoms with Crippen molar-refractivity contribution in [3.8, 4) is 17.1 Å². The Morgan fingerprint density at radius 2 is 1.92 bits per heavy atom. The Morgan fingerprint density at radius 1 is 1.08 bits per heavy atom. The number of hydrogen-bond donors (Lipinski definition) is 2. The normalized spacial score (nSPS) is 10.5. The molecule has 4 rings (SSSR count). The number of pyridine rings is 1. The number of rotatable bonds is 3. The van der Waals surface area contributed by atoms with Gasteiger partial charge in [-0.1, -0.05) is 38.8 Å². The molecule has 0 amide bonds. The first-order valence-corrected chi connectivity index (χ1v) is 8.66. The van der Waals surface area contributed by atoms with Crippen molar-refractivity contribution in [3.05, 3.63) is 49.1 Å². The molecule has 0 saturated heterocycles. The Morgan fingerprint density at radius 3 is 2.64 bits per heavy atom. The second kappa shape index (κ2) is 7.94. The van der Waals surface area contributed by atoms with E-state index in [4.69, 9.17) is 0 Å². The summed E-state index contributed by atoms with van der Waals surface area (Å²) >= 11 is 4.29. The Kier molecular flexibility index (Phi) is 5.45. The highest BCUT2D eigenvalue weighted by Gasteiger charge is 2.08. The number of benzene rings is 1. The van der Waals surface area contributed by atoms with E-state index in [1.54, 1.807) is 17.1 Å². The first-order chi connectivity index (χ1) is 12.2. The largest absolute Gasteiger partial charge is 0.259 e. The molecule has 0 fully saturated rings. The highest BCUT2D eigenvalue weighted by atomic mass is 32.1. The number of nitrogens with one attached hydrogen (secondary N) is 1. The Labute approximate surface area is 151 Å². The van der Waals surface area contributed by atoms with Crippen LogP contribution in [0.4, 0.5) is 0 Å².